The fraction of sp³-hybridized carbons (Fsp3) is 0.346. The number of nitrogens with one attached hydrogen (secondary N) is 1. The van der Waals surface area contributed by atoms with Crippen LogP contribution in [0.2, 0.25) is 0 Å². The van der Waals surface area contributed by atoms with Crippen LogP contribution in [-0.2, 0) is 23.9 Å². The second-order valence-electron chi connectivity index (χ2n) is 8.36. The predicted octanol–water partition coefficient (Wildman–Crippen LogP) is 4.02. The van der Waals surface area contributed by atoms with Crippen molar-refractivity contribution in [2.45, 2.75) is 33.1 Å². The van der Waals surface area contributed by atoms with E-state index in [-0.39, 0.29) is 18.3 Å². The van der Waals surface area contributed by atoms with Gasteiger partial charge in [-0.1, -0.05) is 49.4 Å². The number of hydrogen-bond acceptors (Lipinski definition) is 6. The van der Waals surface area contributed by atoms with Gasteiger partial charge in [-0.25, -0.2) is 4.79 Å². The Morgan fingerprint density at radius 3 is 2.53 bits per heavy atom. The number of ketones is 1. The van der Waals surface area contributed by atoms with Gasteiger partial charge in [-0.05, 0) is 42.5 Å². The zero-order valence-electron chi connectivity index (χ0n) is 18.7. The van der Waals surface area contributed by atoms with Gasteiger partial charge in [-0.3, -0.25) is 9.59 Å². The summed E-state index contributed by atoms with van der Waals surface area (Å²) in [6, 6.07) is 13.9. The molecule has 0 fully saturated rings. The van der Waals surface area contributed by atoms with E-state index >= 15 is 0 Å². The smallest absolute Gasteiger partial charge is 0.336 e. The summed E-state index contributed by atoms with van der Waals surface area (Å²) in [5.74, 6) is -3.05. The Hall–Kier alpha value is -3.41. The number of fused-ring (bicyclic) bond motifs is 1. The van der Waals surface area contributed by atoms with Gasteiger partial charge in [-0.15, -0.1) is 0 Å². The average Bonchev–Trinajstić information content (AvgIpc) is 2.77. The quantitative estimate of drug-likeness (QED) is 0.579. The number of rotatable bonds is 4. The lowest BCUT2D eigenvalue weighted by molar-refractivity contribution is -0.151. The molecule has 0 radical (unpaired) electrons. The lowest BCUT2D eigenvalue weighted by atomic mass is 9.69. The number of allylic oxidation sites excluding steroid dienone is 3. The Bertz CT molecular complexity index is 1180. The Balaban J connectivity index is 1.92. The number of dihydropyridines is 1. The molecule has 0 unspecified atom stereocenters. The first-order chi connectivity index (χ1) is 15.4. The van der Waals surface area contributed by atoms with Crippen LogP contribution in [0.4, 0.5) is 0 Å². The van der Waals surface area contributed by atoms with Crippen molar-refractivity contribution in [3.05, 3.63) is 70.6 Å². The van der Waals surface area contributed by atoms with Crippen LogP contribution in [0.5, 0.6) is 0 Å². The van der Waals surface area contributed by atoms with Crippen LogP contribution in [0.1, 0.15) is 38.7 Å². The van der Waals surface area contributed by atoms with E-state index in [0.29, 0.717) is 23.3 Å². The van der Waals surface area contributed by atoms with E-state index in [2.05, 4.69) is 5.32 Å². The highest BCUT2D eigenvalue weighted by Crippen LogP contribution is 2.45. The Morgan fingerprint density at radius 2 is 1.84 bits per heavy atom. The van der Waals surface area contributed by atoms with Crippen LogP contribution in [0, 0.1) is 11.8 Å². The number of methoxy groups -OCH3 is 1. The molecule has 1 N–H and O–H groups in total. The summed E-state index contributed by atoms with van der Waals surface area (Å²) in [5, 5.41) is 5.34. The van der Waals surface area contributed by atoms with Crippen molar-refractivity contribution < 1.29 is 23.9 Å². The van der Waals surface area contributed by atoms with Crippen LogP contribution >= 0.6 is 0 Å². The van der Waals surface area contributed by atoms with Gasteiger partial charge in [0.2, 0.25) is 0 Å². The van der Waals surface area contributed by atoms with Crippen molar-refractivity contribution in [3.63, 3.8) is 0 Å². The minimum Gasteiger partial charge on any atom is -0.468 e. The fourth-order valence-electron chi connectivity index (χ4n) is 4.88. The van der Waals surface area contributed by atoms with Gasteiger partial charge in [0.25, 0.3) is 0 Å². The highest BCUT2D eigenvalue weighted by atomic mass is 16.5. The standard InChI is InChI=1S/C26H27NO5/c1-5-32-26(30)21-15(3)27-19-12-14(2)20(25(29)31-4)24(28)23(19)22(21)18-11-10-16-8-6-7-9-17(16)13-18/h6-11,13-14,20,22,27H,5,12H2,1-4H3/t14-,20-,22+/m1/s1. The van der Waals surface area contributed by atoms with Crippen molar-refractivity contribution in [1.82, 2.24) is 5.32 Å². The number of hydrogen-bond donors (Lipinski definition) is 1. The lowest BCUT2D eigenvalue weighted by Crippen LogP contribution is -2.43. The molecule has 0 bridgehead atoms. The van der Waals surface area contributed by atoms with E-state index in [4.69, 9.17) is 9.47 Å². The van der Waals surface area contributed by atoms with Crippen molar-refractivity contribution in [2.24, 2.45) is 11.8 Å². The molecule has 1 aliphatic heterocycles. The summed E-state index contributed by atoms with van der Waals surface area (Å²) >= 11 is 0. The van der Waals surface area contributed by atoms with Crippen molar-refractivity contribution in [3.8, 4) is 0 Å². The largest absolute Gasteiger partial charge is 0.468 e. The SMILES string of the molecule is CCOC(=O)C1=C(C)NC2=C(C(=O)[C@H](C(=O)OC)[C@H](C)C2)[C@H]1c1ccc2ccccc2c1. The summed E-state index contributed by atoms with van der Waals surface area (Å²) in [7, 11) is 1.29. The normalized spacial score (nSPS) is 23.0. The van der Waals surface area contributed by atoms with Crippen LogP contribution in [0.15, 0.2) is 65.0 Å². The summed E-state index contributed by atoms with van der Waals surface area (Å²) in [6.07, 6.45) is 0.512. The third-order valence-corrected chi connectivity index (χ3v) is 6.35. The zero-order valence-corrected chi connectivity index (χ0v) is 18.7. The molecule has 0 spiro atoms. The summed E-state index contributed by atoms with van der Waals surface area (Å²) in [5.41, 5.74) is 3.07. The average molecular weight is 434 g/mol. The Labute approximate surface area is 187 Å². The molecule has 4 rings (SSSR count). The monoisotopic (exact) mass is 433 g/mol. The highest BCUT2D eigenvalue weighted by molar-refractivity contribution is 6.12. The van der Waals surface area contributed by atoms with E-state index in [1.54, 1.807) is 6.92 Å². The molecule has 6 nitrogen and oxygen atoms in total. The van der Waals surface area contributed by atoms with Gasteiger partial charge in [0.15, 0.2) is 5.78 Å². The minimum atomic E-state index is -0.898. The van der Waals surface area contributed by atoms with Gasteiger partial charge >= 0.3 is 11.9 Å². The van der Waals surface area contributed by atoms with Crippen LogP contribution in [0.25, 0.3) is 10.8 Å². The van der Waals surface area contributed by atoms with Gasteiger partial charge in [0, 0.05) is 22.9 Å². The molecule has 2 aromatic carbocycles. The van der Waals surface area contributed by atoms with Crippen molar-refractivity contribution >= 4 is 28.5 Å². The molecule has 1 heterocycles. The maximum absolute atomic E-state index is 13.7. The van der Waals surface area contributed by atoms with Crippen LogP contribution in [0.3, 0.4) is 0 Å². The number of carbonyl (C=O) groups is 3. The molecular weight excluding hydrogens is 406 g/mol. The van der Waals surface area contributed by atoms with Crippen molar-refractivity contribution in [1.29, 1.82) is 0 Å². The summed E-state index contributed by atoms with van der Waals surface area (Å²) in [6.45, 7) is 5.67. The molecule has 166 valence electrons. The number of ether oxygens (including phenoxy) is 2. The zero-order chi connectivity index (χ0) is 23.0. The summed E-state index contributed by atoms with van der Waals surface area (Å²) in [4.78, 5) is 39.2. The molecule has 2 aromatic rings. The van der Waals surface area contributed by atoms with E-state index in [1.165, 1.54) is 7.11 Å². The van der Waals surface area contributed by atoms with E-state index in [9.17, 15) is 14.4 Å². The first-order valence-corrected chi connectivity index (χ1v) is 10.9. The number of esters is 2. The Morgan fingerprint density at radius 1 is 1.12 bits per heavy atom. The maximum Gasteiger partial charge on any atom is 0.336 e. The second-order valence-corrected chi connectivity index (χ2v) is 8.36. The third kappa shape index (κ3) is 3.60. The molecule has 0 aromatic heterocycles. The molecule has 0 saturated heterocycles. The molecule has 0 amide bonds. The first-order valence-electron chi connectivity index (χ1n) is 10.9. The number of carbonyl (C=O) groups excluding carboxylic acids is 3. The van der Waals surface area contributed by atoms with Crippen molar-refractivity contribution in [2.75, 3.05) is 13.7 Å². The highest BCUT2D eigenvalue weighted by Gasteiger charge is 2.47. The second kappa shape index (κ2) is 8.61. The molecular formula is C26H27NO5. The molecule has 3 atom stereocenters. The molecule has 0 saturated carbocycles. The van der Waals surface area contributed by atoms with Gasteiger partial charge in [0.05, 0.1) is 19.3 Å². The fourth-order valence-corrected chi connectivity index (χ4v) is 4.88. The van der Waals surface area contributed by atoms with Crippen LogP contribution < -0.4 is 5.32 Å². The topological polar surface area (TPSA) is 81.7 Å². The molecule has 2 aliphatic rings. The van der Waals surface area contributed by atoms with E-state index in [1.807, 2.05) is 56.3 Å². The Kier molecular flexibility index (Phi) is 5.87. The molecule has 32 heavy (non-hydrogen) atoms. The number of Topliss-reactive ketones (excluding diaryl/α,β-unsaturated/α-hetero) is 1. The summed E-state index contributed by atoms with van der Waals surface area (Å²) < 4.78 is 10.3. The maximum atomic E-state index is 13.7. The number of benzene rings is 2. The first kappa shape index (κ1) is 21.8. The third-order valence-electron chi connectivity index (χ3n) is 6.35. The van der Waals surface area contributed by atoms with Crippen LogP contribution in [-0.4, -0.2) is 31.4 Å². The lowest BCUT2D eigenvalue weighted by Gasteiger charge is -2.38. The van der Waals surface area contributed by atoms with Gasteiger partial charge < -0.3 is 14.8 Å². The van der Waals surface area contributed by atoms with E-state index < -0.39 is 23.8 Å². The van der Waals surface area contributed by atoms with Gasteiger partial charge in [0.1, 0.15) is 5.92 Å². The minimum absolute atomic E-state index is 0.213. The molecule has 6 heteroatoms. The predicted molar refractivity (Wildman–Crippen MR) is 120 cm³/mol. The van der Waals surface area contributed by atoms with Gasteiger partial charge in [-0.2, -0.15) is 0 Å². The van der Waals surface area contributed by atoms with E-state index in [0.717, 1.165) is 22.0 Å². The molecule has 1 aliphatic carbocycles.